The highest BCUT2D eigenvalue weighted by Crippen LogP contribution is 2.34. The Morgan fingerprint density at radius 2 is 2.00 bits per heavy atom. The zero-order chi connectivity index (χ0) is 26.8. The predicted octanol–water partition coefficient (Wildman–Crippen LogP) is 3.98. The summed E-state index contributed by atoms with van der Waals surface area (Å²) in [4.78, 5) is 34.2. The van der Waals surface area contributed by atoms with Gasteiger partial charge in [0.05, 0.1) is 24.1 Å². The van der Waals surface area contributed by atoms with Crippen LogP contribution in [0.2, 0.25) is 5.02 Å². The summed E-state index contributed by atoms with van der Waals surface area (Å²) in [6.45, 7) is 1.12. The van der Waals surface area contributed by atoms with Crippen LogP contribution in [-0.2, 0) is 6.54 Å². The van der Waals surface area contributed by atoms with Gasteiger partial charge in [-0.05, 0) is 36.6 Å². The van der Waals surface area contributed by atoms with E-state index in [4.69, 9.17) is 27.2 Å². The Hall–Kier alpha value is -4.38. The lowest BCUT2D eigenvalue weighted by atomic mass is 10.1. The molecule has 0 unspecified atom stereocenters. The number of ether oxygens (including phenoxy) is 1. The number of amides is 2. The van der Waals surface area contributed by atoms with E-state index in [0.29, 0.717) is 58.5 Å². The molecule has 11 nitrogen and oxygen atoms in total. The van der Waals surface area contributed by atoms with Gasteiger partial charge in [0.1, 0.15) is 23.6 Å². The highest BCUT2D eigenvalue weighted by atomic mass is 35.5. The molecule has 0 aliphatic carbocycles. The highest BCUT2D eigenvalue weighted by molar-refractivity contribution is 6.31. The molecule has 4 aromatic rings. The number of fused-ring (bicyclic) bond motifs is 1. The molecule has 1 aliphatic heterocycles. The van der Waals surface area contributed by atoms with Crippen molar-refractivity contribution < 1.29 is 19.4 Å². The number of nitrogens with zero attached hydrogens (tertiary/aromatic N) is 5. The molecular formula is C26H26ClN7O4. The van der Waals surface area contributed by atoms with Gasteiger partial charge in [-0.1, -0.05) is 35.9 Å². The number of aromatic nitrogens is 4. The number of carboxylic acid groups (broad SMARTS) is 1. The number of carbonyl (C=O) groups is 2. The first-order valence-electron chi connectivity index (χ1n) is 12.0. The Balaban J connectivity index is 1.39. The van der Waals surface area contributed by atoms with Crippen LogP contribution in [0.4, 0.5) is 10.6 Å². The number of nitrogen functional groups attached to an aromatic ring is 1. The van der Waals surface area contributed by atoms with Crippen LogP contribution in [0.15, 0.2) is 48.8 Å². The number of carbonyl (C=O) groups excluding carboxylic acids is 1. The SMILES string of the molecule is COc1ccc(Cl)cc1C(=O)NCc1ccc(-c2nn([C@@H]3CCCN(C(=O)O)C3)c3ncnc(N)c23)cc1. The molecule has 2 amide bonds. The van der Waals surface area contributed by atoms with Crippen molar-refractivity contribution in [1.82, 2.24) is 30.0 Å². The number of benzene rings is 2. The van der Waals surface area contributed by atoms with Crippen molar-refractivity contribution in [3.05, 3.63) is 64.9 Å². The Kier molecular flexibility index (Phi) is 7.01. The molecule has 4 N–H and O–H groups in total. The van der Waals surface area contributed by atoms with E-state index in [0.717, 1.165) is 24.0 Å². The number of rotatable bonds is 6. The van der Waals surface area contributed by atoms with Crippen molar-refractivity contribution >= 4 is 40.5 Å². The van der Waals surface area contributed by atoms with Gasteiger partial charge in [0.2, 0.25) is 0 Å². The molecule has 196 valence electrons. The number of hydrogen-bond donors (Lipinski definition) is 3. The van der Waals surface area contributed by atoms with Crippen LogP contribution in [0.25, 0.3) is 22.3 Å². The van der Waals surface area contributed by atoms with Crippen LogP contribution in [0.3, 0.4) is 0 Å². The highest BCUT2D eigenvalue weighted by Gasteiger charge is 2.28. The molecule has 0 bridgehead atoms. The number of nitrogens with two attached hydrogens (primary N) is 1. The summed E-state index contributed by atoms with van der Waals surface area (Å²) >= 11 is 6.05. The summed E-state index contributed by atoms with van der Waals surface area (Å²) in [6, 6.07) is 12.3. The summed E-state index contributed by atoms with van der Waals surface area (Å²) in [7, 11) is 1.50. The molecular weight excluding hydrogens is 510 g/mol. The number of hydrogen-bond acceptors (Lipinski definition) is 7. The van der Waals surface area contributed by atoms with Crippen molar-refractivity contribution in [3.8, 4) is 17.0 Å². The molecule has 1 aliphatic rings. The maximum Gasteiger partial charge on any atom is 0.407 e. The number of halogens is 1. The van der Waals surface area contributed by atoms with Crippen LogP contribution in [-0.4, -0.2) is 62.0 Å². The number of methoxy groups -OCH3 is 1. The summed E-state index contributed by atoms with van der Waals surface area (Å²) < 4.78 is 7.03. The minimum atomic E-state index is -0.947. The Morgan fingerprint density at radius 1 is 1.21 bits per heavy atom. The van der Waals surface area contributed by atoms with Crippen LogP contribution >= 0.6 is 11.6 Å². The van der Waals surface area contributed by atoms with E-state index in [9.17, 15) is 14.7 Å². The van der Waals surface area contributed by atoms with Crippen molar-refractivity contribution in [2.45, 2.75) is 25.4 Å². The number of piperidine rings is 1. The molecule has 1 fully saturated rings. The van der Waals surface area contributed by atoms with Crippen molar-refractivity contribution in [2.24, 2.45) is 0 Å². The van der Waals surface area contributed by atoms with E-state index in [-0.39, 0.29) is 11.9 Å². The first-order valence-corrected chi connectivity index (χ1v) is 12.4. The third-order valence-electron chi connectivity index (χ3n) is 6.62. The van der Waals surface area contributed by atoms with Gasteiger partial charge in [0.25, 0.3) is 5.91 Å². The van der Waals surface area contributed by atoms with Crippen LogP contribution < -0.4 is 15.8 Å². The lowest BCUT2D eigenvalue weighted by Gasteiger charge is -2.30. The zero-order valence-electron chi connectivity index (χ0n) is 20.6. The third kappa shape index (κ3) is 4.92. The minimum Gasteiger partial charge on any atom is -0.496 e. The fraction of sp³-hybridized carbons (Fsp3) is 0.269. The second-order valence-electron chi connectivity index (χ2n) is 9.00. The van der Waals surface area contributed by atoms with E-state index in [1.165, 1.54) is 18.3 Å². The number of nitrogens with one attached hydrogen (secondary N) is 1. The Bertz CT molecular complexity index is 1510. The second-order valence-corrected chi connectivity index (χ2v) is 9.44. The van der Waals surface area contributed by atoms with E-state index in [1.807, 2.05) is 24.3 Å². The summed E-state index contributed by atoms with van der Waals surface area (Å²) in [5, 5.41) is 18.2. The van der Waals surface area contributed by atoms with E-state index >= 15 is 0 Å². The molecule has 0 spiro atoms. The quantitative estimate of drug-likeness (QED) is 0.335. The van der Waals surface area contributed by atoms with E-state index in [2.05, 4.69) is 15.3 Å². The van der Waals surface area contributed by atoms with Crippen molar-refractivity contribution in [1.29, 1.82) is 0 Å². The average molecular weight is 536 g/mol. The second kappa shape index (κ2) is 10.5. The normalized spacial score (nSPS) is 15.4. The molecule has 0 radical (unpaired) electrons. The van der Waals surface area contributed by atoms with Gasteiger partial charge in [0, 0.05) is 30.2 Å². The molecule has 3 heterocycles. The number of anilines is 1. The van der Waals surface area contributed by atoms with Gasteiger partial charge in [0.15, 0.2) is 5.65 Å². The lowest BCUT2D eigenvalue weighted by Crippen LogP contribution is -2.40. The van der Waals surface area contributed by atoms with Crippen LogP contribution in [0.1, 0.15) is 34.8 Å². The molecule has 2 aromatic carbocycles. The molecule has 5 rings (SSSR count). The summed E-state index contributed by atoms with van der Waals surface area (Å²) in [6.07, 6.45) is 1.95. The van der Waals surface area contributed by atoms with Crippen LogP contribution in [0.5, 0.6) is 5.75 Å². The maximum absolute atomic E-state index is 12.7. The van der Waals surface area contributed by atoms with Crippen molar-refractivity contribution in [2.75, 3.05) is 25.9 Å². The summed E-state index contributed by atoms with van der Waals surface area (Å²) in [5.74, 6) is 0.439. The molecule has 1 saturated heterocycles. The van der Waals surface area contributed by atoms with Gasteiger partial charge in [-0.25, -0.2) is 19.4 Å². The first-order chi connectivity index (χ1) is 18.4. The zero-order valence-corrected chi connectivity index (χ0v) is 21.4. The number of likely N-dealkylation sites (tertiary alicyclic amines) is 1. The average Bonchev–Trinajstić information content (AvgIpc) is 3.33. The summed E-state index contributed by atoms with van der Waals surface area (Å²) in [5.41, 5.74) is 9.45. The van der Waals surface area contributed by atoms with E-state index in [1.54, 1.807) is 22.9 Å². The maximum atomic E-state index is 12.7. The smallest absolute Gasteiger partial charge is 0.407 e. The lowest BCUT2D eigenvalue weighted by molar-refractivity contribution is 0.0947. The fourth-order valence-corrected chi connectivity index (χ4v) is 4.87. The van der Waals surface area contributed by atoms with Gasteiger partial charge >= 0.3 is 6.09 Å². The Morgan fingerprint density at radius 3 is 2.74 bits per heavy atom. The van der Waals surface area contributed by atoms with Gasteiger partial charge in [-0.15, -0.1) is 0 Å². The van der Waals surface area contributed by atoms with Gasteiger partial charge in [-0.2, -0.15) is 5.10 Å². The van der Waals surface area contributed by atoms with Crippen molar-refractivity contribution in [3.63, 3.8) is 0 Å². The topological polar surface area (TPSA) is 148 Å². The fourth-order valence-electron chi connectivity index (χ4n) is 4.70. The monoisotopic (exact) mass is 535 g/mol. The molecule has 0 saturated carbocycles. The Labute approximate surface area is 223 Å². The standard InChI is InChI=1S/C26H26ClN7O4/c1-38-20-9-8-17(27)11-19(20)25(35)29-12-15-4-6-16(7-5-15)22-21-23(28)30-14-31-24(21)34(32-22)18-3-2-10-33(13-18)26(36)37/h4-9,11,14,18H,2-3,10,12-13H2,1H3,(H,29,35)(H,36,37)(H2,28,30,31)/t18-/m1/s1. The van der Waals surface area contributed by atoms with Gasteiger partial charge in [-0.3, -0.25) is 4.79 Å². The predicted molar refractivity (Wildman–Crippen MR) is 142 cm³/mol. The third-order valence-corrected chi connectivity index (χ3v) is 6.85. The largest absolute Gasteiger partial charge is 0.496 e. The molecule has 2 aromatic heterocycles. The minimum absolute atomic E-state index is 0.164. The van der Waals surface area contributed by atoms with E-state index < -0.39 is 6.09 Å². The molecule has 12 heteroatoms. The molecule has 38 heavy (non-hydrogen) atoms. The first kappa shape index (κ1) is 25.3. The molecule has 1 atom stereocenters. The van der Waals surface area contributed by atoms with Gasteiger partial charge < -0.3 is 25.8 Å². The van der Waals surface area contributed by atoms with Crippen LogP contribution in [0, 0.1) is 0 Å².